The predicted octanol–water partition coefficient (Wildman–Crippen LogP) is 5.16. The topological polar surface area (TPSA) is 79.0 Å². The molecule has 1 N–H and O–H groups in total. The Morgan fingerprint density at radius 2 is 1.59 bits per heavy atom. The molecule has 3 aliphatic heterocycles. The molecule has 3 aromatic carbocycles. The lowest BCUT2D eigenvalue weighted by atomic mass is 9.84. The minimum atomic E-state index is -0.905. The highest BCUT2D eigenvalue weighted by atomic mass is 35.5. The van der Waals surface area contributed by atoms with Crippen LogP contribution in [-0.4, -0.2) is 35.8 Å². The molecule has 0 spiro atoms. The van der Waals surface area contributed by atoms with E-state index in [2.05, 4.69) is 5.32 Å². The number of fused-ring (bicyclic) bond motifs is 5. The molecule has 2 fully saturated rings. The number of ether oxygens (including phenoxy) is 1. The molecule has 0 aliphatic carbocycles. The zero-order valence-electron chi connectivity index (χ0n) is 19.6. The molecule has 37 heavy (non-hydrogen) atoms. The van der Waals surface area contributed by atoms with Crippen LogP contribution in [0.15, 0.2) is 72.9 Å². The predicted molar refractivity (Wildman–Crippen MR) is 141 cm³/mol. The molecule has 6 rings (SSSR count). The molecular weight excluding hydrogens is 513 g/mol. The summed E-state index contributed by atoms with van der Waals surface area (Å²) >= 11 is 12.4. The fourth-order valence-electron chi connectivity index (χ4n) is 5.67. The number of amides is 3. The highest BCUT2D eigenvalue weighted by Gasteiger charge is 2.64. The lowest BCUT2D eigenvalue weighted by Gasteiger charge is -2.35. The van der Waals surface area contributed by atoms with Crippen LogP contribution in [0.5, 0.6) is 5.75 Å². The average Bonchev–Trinajstić information content (AvgIpc) is 3.36. The zero-order valence-corrected chi connectivity index (χ0v) is 21.1. The molecular formula is C28H21Cl2N3O4. The summed E-state index contributed by atoms with van der Waals surface area (Å²) in [6.07, 6.45) is 3.72. The summed E-state index contributed by atoms with van der Waals surface area (Å²) in [5.74, 6) is -2.22. The number of hydrogen-bond donors (Lipinski definition) is 1. The van der Waals surface area contributed by atoms with E-state index in [4.69, 9.17) is 27.9 Å². The first-order valence-electron chi connectivity index (χ1n) is 11.7. The molecule has 3 heterocycles. The third-order valence-corrected chi connectivity index (χ3v) is 7.63. The molecule has 0 bridgehead atoms. The van der Waals surface area contributed by atoms with E-state index in [1.54, 1.807) is 31.4 Å². The van der Waals surface area contributed by atoms with Crippen molar-refractivity contribution in [1.29, 1.82) is 0 Å². The maximum Gasteiger partial charge on any atom is 0.247 e. The van der Waals surface area contributed by atoms with Crippen molar-refractivity contribution in [3.8, 4) is 5.75 Å². The number of methoxy groups -OCH3 is 1. The van der Waals surface area contributed by atoms with Gasteiger partial charge < -0.3 is 15.0 Å². The minimum Gasteiger partial charge on any atom is -0.497 e. The second-order valence-corrected chi connectivity index (χ2v) is 10.1. The monoisotopic (exact) mass is 533 g/mol. The second kappa shape index (κ2) is 8.94. The summed E-state index contributed by atoms with van der Waals surface area (Å²) in [4.78, 5) is 44.5. The number of carbonyl (C=O) groups is 3. The van der Waals surface area contributed by atoms with Gasteiger partial charge in [0.1, 0.15) is 11.8 Å². The van der Waals surface area contributed by atoms with Crippen molar-refractivity contribution in [2.45, 2.75) is 12.1 Å². The number of hydrogen-bond acceptors (Lipinski definition) is 5. The maximum absolute atomic E-state index is 13.9. The summed E-state index contributed by atoms with van der Waals surface area (Å²) in [6, 6.07) is 17.9. The number of imide groups is 1. The van der Waals surface area contributed by atoms with E-state index >= 15 is 0 Å². The Kier molecular flexibility index (Phi) is 5.70. The maximum atomic E-state index is 13.9. The number of carbonyl (C=O) groups excluding carboxylic acids is 3. The Hall–Kier alpha value is -3.81. The molecule has 3 aromatic rings. The van der Waals surface area contributed by atoms with Crippen LogP contribution in [0.2, 0.25) is 10.0 Å². The smallest absolute Gasteiger partial charge is 0.247 e. The van der Waals surface area contributed by atoms with Gasteiger partial charge in [-0.25, -0.2) is 4.90 Å². The Morgan fingerprint density at radius 3 is 2.30 bits per heavy atom. The number of nitrogens with one attached hydrogen (secondary N) is 1. The standard InChI is InChI=1S/C28H21Cl2N3O4/c1-37-20-8-6-18(7-9-20)31-26(34)25-23-22(24-21-5-3-2-4-15(21)10-11-32(24)25)27(35)33(28(23)36)19-13-16(29)12-17(30)14-19/h2-14,22-25H,1H3,(H,31,34)/t22-,23-,24-,25+/m1/s1. The Morgan fingerprint density at radius 1 is 0.919 bits per heavy atom. The third kappa shape index (κ3) is 3.77. The normalized spacial score (nSPS) is 23.5. The average molecular weight is 534 g/mol. The van der Waals surface area contributed by atoms with Crippen LogP contribution < -0.4 is 15.0 Å². The van der Waals surface area contributed by atoms with Gasteiger partial charge in [0.2, 0.25) is 17.7 Å². The van der Waals surface area contributed by atoms with Crippen LogP contribution in [0, 0.1) is 11.8 Å². The summed E-state index contributed by atoms with van der Waals surface area (Å²) in [7, 11) is 1.56. The van der Waals surface area contributed by atoms with E-state index in [-0.39, 0.29) is 11.8 Å². The summed E-state index contributed by atoms with van der Waals surface area (Å²) in [6.45, 7) is 0. The Bertz CT molecular complexity index is 1450. The fraction of sp³-hybridized carbons (Fsp3) is 0.179. The van der Waals surface area contributed by atoms with E-state index in [0.717, 1.165) is 16.0 Å². The number of benzene rings is 3. The van der Waals surface area contributed by atoms with E-state index in [0.29, 0.717) is 27.2 Å². The van der Waals surface area contributed by atoms with Gasteiger partial charge in [0.15, 0.2) is 0 Å². The Labute approximate surface area is 223 Å². The van der Waals surface area contributed by atoms with Gasteiger partial charge in [0.05, 0.1) is 30.7 Å². The SMILES string of the molecule is COc1ccc(NC(=O)[C@@H]2[C@@H]3C(=O)N(c4cc(Cl)cc(Cl)c4)C(=O)[C@H]3[C@H]3c4ccccc4C=CN23)cc1. The van der Waals surface area contributed by atoms with Crippen molar-refractivity contribution in [3.63, 3.8) is 0 Å². The summed E-state index contributed by atoms with van der Waals surface area (Å²) in [5, 5.41) is 3.53. The van der Waals surface area contributed by atoms with Crippen molar-refractivity contribution in [2.75, 3.05) is 17.3 Å². The highest BCUT2D eigenvalue weighted by Crippen LogP contribution is 2.53. The van der Waals surface area contributed by atoms with Gasteiger partial charge >= 0.3 is 0 Å². The van der Waals surface area contributed by atoms with Gasteiger partial charge in [0.25, 0.3) is 0 Å². The van der Waals surface area contributed by atoms with Crippen molar-refractivity contribution in [3.05, 3.63) is 94.1 Å². The number of rotatable bonds is 4. The molecule has 186 valence electrons. The van der Waals surface area contributed by atoms with Crippen molar-refractivity contribution < 1.29 is 19.1 Å². The molecule has 3 aliphatic rings. The van der Waals surface area contributed by atoms with Gasteiger partial charge in [-0.1, -0.05) is 47.5 Å². The number of anilines is 2. The van der Waals surface area contributed by atoms with Crippen molar-refractivity contribution >= 4 is 58.4 Å². The van der Waals surface area contributed by atoms with Gasteiger partial charge in [-0.3, -0.25) is 14.4 Å². The van der Waals surface area contributed by atoms with Crippen LogP contribution >= 0.6 is 23.2 Å². The fourth-order valence-corrected chi connectivity index (χ4v) is 6.19. The van der Waals surface area contributed by atoms with Crippen LogP contribution in [0.3, 0.4) is 0 Å². The Balaban J connectivity index is 1.43. The highest BCUT2D eigenvalue weighted by molar-refractivity contribution is 6.36. The first kappa shape index (κ1) is 23.6. The second-order valence-electron chi connectivity index (χ2n) is 9.19. The molecule has 4 atom stereocenters. The lowest BCUT2D eigenvalue weighted by molar-refractivity contribution is -0.128. The van der Waals surface area contributed by atoms with Gasteiger partial charge in [-0.2, -0.15) is 0 Å². The van der Waals surface area contributed by atoms with E-state index in [9.17, 15) is 14.4 Å². The van der Waals surface area contributed by atoms with Crippen molar-refractivity contribution in [2.24, 2.45) is 11.8 Å². The molecule has 2 saturated heterocycles. The van der Waals surface area contributed by atoms with E-state index < -0.39 is 29.8 Å². The molecule has 0 aromatic heterocycles. The zero-order chi connectivity index (χ0) is 25.8. The van der Waals surface area contributed by atoms with Gasteiger partial charge in [-0.15, -0.1) is 0 Å². The van der Waals surface area contributed by atoms with Crippen LogP contribution in [0.1, 0.15) is 17.2 Å². The molecule has 7 nitrogen and oxygen atoms in total. The largest absolute Gasteiger partial charge is 0.497 e. The van der Waals surface area contributed by atoms with E-state index in [1.165, 1.54) is 18.2 Å². The first-order chi connectivity index (χ1) is 17.9. The quantitative estimate of drug-likeness (QED) is 0.469. The van der Waals surface area contributed by atoms with Crippen LogP contribution in [-0.2, 0) is 14.4 Å². The first-order valence-corrected chi connectivity index (χ1v) is 12.5. The molecule has 9 heteroatoms. The van der Waals surface area contributed by atoms with Gasteiger partial charge in [-0.05, 0) is 59.7 Å². The van der Waals surface area contributed by atoms with Crippen molar-refractivity contribution in [1.82, 2.24) is 4.90 Å². The lowest BCUT2D eigenvalue weighted by Crippen LogP contribution is -2.46. The minimum absolute atomic E-state index is 0.294. The molecule has 0 unspecified atom stereocenters. The summed E-state index contributed by atoms with van der Waals surface area (Å²) < 4.78 is 5.19. The molecule has 0 radical (unpaired) electrons. The molecule has 3 amide bonds. The third-order valence-electron chi connectivity index (χ3n) is 7.19. The van der Waals surface area contributed by atoms with Gasteiger partial charge in [0, 0.05) is 21.9 Å². The summed E-state index contributed by atoms with van der Waals surface area (Å²) in [5.41, 5.74) is 2.69. The van der Waals surface area contributed by atoms with Crippen LogP contribution in [0.25, 0.3) is 6.08 Å². The number of halogens is 2. The molecule has 0 saturated carbocycles. The van der Waals surface area contributed by atoms with Crippen LogP contribution in [0.4, 0.5) is 11.4 Å². The van der Waals surface area contributed by atoms with E-state index in [1.807, 2.05) is 41.4 Å². The number of nitrogens with zero attached hydrogens (tertiary/aromatic N) is 2.